The van der Waals surface area contributed by atoms with E-state index >= 15 is 0 Å². The van der Waals surface area contributed by atoms with Crippen LogP contribution in [0.3, 0.4) is 0 Å². The van der Waals surface area contributed by atoms with Gasteiger partial charge in [-0.15, -0.1) is 0 Å². The van der Waals surface area contributed by atoms with Gasteiger partial charge in [0.25, 0.3) is 0 Å². The van der Waals surface area contributed by atoms with Gasteiger partial charge >= 0.3 is 0 Å². The molecule has 0 radical (unpaired) electrons. The molecule has 3 rings (SSSR count). The lowest BCUT2D eigenvalue weighted by molar-refractivity contribution is 0.619. The number of nitrogens with two attached hydrogens (primary N) is 1. The van der Waals surface area contributed by atoms with Gasteiger partial charge in [0.1, 0.15) is 11.6 Å². The lowest BCUT2D eigenvalue weighted by atomic mass is 10.1. The first-order valence-corrected chi connectivity index (χ1v) is 7.14. The number of anilines is 1. The van der Waals surface area contributed by atoms with Crippen molar-refractivity contribution in [1.82, 2.24) is 9.55 Å². The van der Waals surface area contributed by atoms with Gasteiger partial charge in [0.05, 0.1) is 21.5 Å². The number of fused-ring (bicyclic) bond motifs is 1. The zero-order chi connectivity index (χ0) is 15.1. The molecule has 1 atom stereocenters. The van der Waals surface area contributed by atoms with Crippen LogP contribution < -0.4 is 5.73 Å². The Hall–Kier alpha value is -1.95. The van der Waals surface area contributed by atoms with Gasteiger partial charge in [0, 0.05) is 6.07 Å². The van der Waals surface area contributed by atoms with Gasteiger partial charge in [0.15, 0.2) is 0 Å². The molecule has 1 aromatic heterocycles. The molecular weight excluding hydrogens is 340 g/mol. The van der Waals surface area contributed by atoms with Crippen molar-refractivity contribution in [3.8, 4) is 0 Å². The summed E-state index contributed by atoms with van der Waals surface area (Å²) in [5.41, 5.74) is 8.06. The van der Waals surface area contributed by atoms with Crippen molar-refractivity contribution in [2.24, 2.45) is 0 Å². The molecule has 1 heterocycles. The third-order valence-electron chi connectivity index (χ3n) is 3.50. The number of aromatic nitrogens is 2. The average molecular weight is 352 g/mol. The number of halogens is 3. The van der Waals surface area contributed by atoms with Crippen LogP contribution in [0.25, 0.3) is 11.0 Å². The second-order valence-electron chi connectivity index (χ2n) is 4.82. The summed E-state index contributed by atoms with van der Waals surface area (Å²) >= 11 is 3.17. The van der Waals surface area contributed by atoms with Gasteiger partial charge < -0.3 is 10.3 Å². The van der Waals surface area contributed by atoms with Crippen molar-refractivity contribution in [2.75, 3.05) is 5.73 Å². The second-order valence-corrected chi connectivity index (χ2v) is 5.68. The van der Waals surface area contributed by atoms with Gasteiger partial charge in [-0.05, 0) is 46.6 Å². The molecule has 0 aliphatic heterocycles. The fraction of sp³-hybridized carbons (Fsp3) is 0.133. The van der Waals surface area contributed by atoms with Gasteiger partial charge in [0.2, 0.25) is 5.95 Å². The Bertz CT molecular complexity index is 812. The summed E-state index contributed by atoms with van der Waals surface area (Å²) in [6, 6.07) is 9.03. The predicted molar refractivity (Wildman–Crippen MR) is 82.0 cm³/mol. The highest BCUT2D eigenvalue weighted by Gasteiger charge is 2.17. The number of nitrogens with zero attached hydrogens (tertiary/aromatic N) is 2. The molecule has 0 aliphatic carbocycles. The molecule has 0 saturated carbocycles. The summed E-state index contributed by atoms with van der Waals surface area (Å²) < 4.78 is 28.8. The van der Waals surface area contributed by atoms with Gasteiger partial charge in [-0.2, -0.15) is 0 Å². The topological polar surface area (TPSA) is 43.8 Å². The largest absolute Gasteiger partial charge is 0.369 e. The first kappa shape index (κ1) is 14.0. The third kappa shape index (κ3) is 2.40. The van der Waals surface area contributed by atoms with Crippen molar-refractivity contribution in [3.63, 3.8) is 0 Å². The number of imidazole rings is 1. The lowest BCUT2D eigenvalue weighted by Crippen LogP contribution is -2.10. The molecule has 1 unspecified atom stereocenters. The first-order valence-electron chi connectivity index (χ1n) is 6.35. The molecule has 6 heteroatoms. The van der Waals surface area contributed by atoms with E-state index in [0.29, 0.717) is 15.9 Å². The molecular formula is C15H12BrF2N3. The van der Waals surface area contributed by atoms with Crippen LogP contribution in [0.4, 0.5) is 14.7 Å². The summed E-state index contributed by atoms with van der Waals surface area (Å²) in [5, 5.41) is 0. The van der Waals surface area contributed by atoms with E-state index in [-0.39, 0.29) is 17.7 Å². The van der Waals surface area contributed by atoms with E-state index in [9.17, 15) is 8.78 Å². The Morgan fingerprint density at radius 2 is 1.86 bits per heavy atom. The van der Waals surface area contributed by atoms with Crippen LogP contribution in [0.5, 0.6) is 0 Å². The van der Waals surface area contributed by atoms with E-state index < -0.39 is 0 Å². The van der Waals surface area contributed by atoms with Crippen molar-refractivity contribution >= 4 is 32.9 Å². The minimum Gasteiger partial charge on any atom is -0.369 e. The van der Waals surface area contributed by atoms with Crippen LogP contribution in [0.2, 0.25) is 0 Å². The number of benzene rings is 2. The zero-order valence-corrected chi connectivity index (χ0v) is 12.7. The smallest absolute Gasteiger partial charge is 0.201 e. The zero-order valence-electron chi connectivity index (χ0n) is 11.1. The van der Waals surface area contributed by atoms with Gasteiger partial charge in [-0.1, -0.05) is 12.1 Å². The van der Waals surface area contributed by atoms with E-state index in [2.05, 4.69) is 20.9 Å². The van der Waals surface area contributed by atoms with Crippen LogP contribution in [0.1, 0.15) is 18.5 Å². The number of hydrogen-bond acceptors (Lipinski definition) is 2. The van der Waals surface area contributed by atoms with Crippen molar-refractivity contribution in [3.05, 3.63) is 58.1 Å². The average Bonchev–Trinajstić information content (AvgIpc) is 2.75. The fourth-order valence-corrected chi connectivity index (χ4v) is 2.74. The van der Waals surface area contributed by atoms with E-state index in [1.54, 1.807) is 22.8 Å². The van der Waals surface area contributed by atoms with Crippen LogP contribution in [0, 0.1) is 11.6 Å². The monoisotopic (exact) mass is 351 g/mol. The summed E-state index contributed by atoms with van der Waals surface area (Å²) in [4.78, 5) is 4.19. The van der Waals surface area contributed by atoms with E-state index in [1.165, 1.54) is 18.2 Å². The Labute approximate surface area is 128 Å². The molecule has 3 nitrogen and oxygen atoms in total. The summed E-state index contributed by atoms with van der Waals surface area (Å²) in [6.45, 7) is 1.93. The molecule has 2 aromatic carbocycles. The number of hydrogen-bond donors (Lipinski definition) is 1. The van der Waals surface area contributed by atoms with E-state index in [1.807, 2.05) is 6.92 Å². The Morgan fingerprint density at radius 1 is 1.19 bits per heavy atom. The standard InChI is InChI=1S/C15H12BrF2N3/c1-8(9-2-4-10(17)5-3-9)21-14-6-11(16)12(18)7-13(14)20-15(21)19/h2-8H,1H3,(H2,19,20). The van der Waals surface area contributed by atoms with Crippen LogP contribution in [0.15, 0.2) is 40.9 Å². The number of rotatable bonds is 2. The highest BCUT2D eigenvalue weighted by atomic mass is 79.9. The summed E-state index contributed by atoms with van der Waals surface area (Å²) in [6.07, 6.45) is 0. The highest BCUT2D eigenvalue weighted by Crippen LogP contribution is 2.30. The molecule has 0 fully saturated rings. The summed E-state index contributed by atoms with van der Waals surface area (Å²) in [5.74, 6) is -0.389. The highest BCUT2D eigenvalue weighted by molar-refractivity contribution is 9.10. The van der Waals surface area contributed by atoms with Gasteiger partial charge in [-0.25, -0.2) is 13.8 Å². The van der Waals surface area contributed by atoms with E-state index in [4.69, 9.17) is 5.73 Å². The van der Waals surface area contributed by atoms with Crippen molar-refractivity contribution in [2.45, 2.75) is 13.0 Å². The molecule has 21 heavy (non-hydrogen) atoms. The number of nitrogen functional groups attached to an aromatic ring is 1. The molecule has 2 N–H and O–H groups in total. The lowest BCUT2D eigenvalue weighted by Gasteiger charge is -2.16. The second kappa shape index (κ2) is 5.11. The Kier molecular flexibility index (Phi) is 3.41. The summed E-state index contributed by atoms with van der Waals surface area (Å²) in [7, 11) is 0. The molecule has 0 saturated heterocycles. The Balaban J connectivity index is 2.17. The first-order chi connectivity index (χ1) is 9.97. The van der Waals surface area contributed by atoms with Crippen LogP contribution >= 0.6 is 15.9 Å². The fourth-order valence-electron chi connectivity index (χ4n) is 2.41. The maximum Gasteiger partial charge on any atom is 0.201 e. The van der Waals surface area contributed by atoms with Crippen LogP contribution in [-0.4, -0.2) is 9.55 Å². The molecule has 3 aromatic rings. The third-order valence-corrected chi connectivity index (χ3v) is 4.11. The SMILES string of the molecule is CC(c1ccc(F)cc1)n1c(N)nc2cc(F)c(Br)cc21. The minimum atomic E-state index is -0.387. The van der Waals surface area contributed by atoms with E-state index in [0.717, 1.165) is 11.1 Å². The maximum atomic E-state index is 13.6. The Morgan fingerprint density at radius 3 is 2.52 bits per heavy atom. The normalized spacial score (nSPS) is 12.8. The van der Waals surface area contributed by atoms with Crippen molar-refractivity contribution in [1.29, 1.82) is 0 Å². The molecule has 108 valence electrons. The molecule has 0 aliphatic rings. The molecule has 0 bridgehead atoms. The molecule has 0 amide bonds. The maximum absolute atomic E-state index is 13.6. The predicted octanol–water partition coefficient (Wildman–Crippen LogP) is 4.27. The van der Waals surface area contributed by atoms with Crippen molar-refractivity contribution < 1.29 is 8.78 Å². The van der Waals surface area contributed by atoms with Crippen LogP contribution in [-0.2, 0) is 0 Å². The minimum absolute atomic E-state index is 0.145. The molecule has 0 spiro atoms. The van der Waals surface area contributed by atoms with Gasteiger partial charge in [-0.3, -0.25) is 0 Å². The quantitative estimate of drug-likeness (QED) is 0.749.